The molecule has 132 valence electrons. The summed E-state index contributed by atoms with van der Waals surface area (Å²) in [5.41, 5.74) is 0. The Morgan fingerprint density at radius 1 is 1.33 bits per heavy atom. The third-order valence-corrected chi connectivity index (χ3v) is 4.98. The van der Waals surface area contributed by atoms with Gasteiger partial charge in [-0.1, -0.05) is 13.8 Å². The smallest absolute Gasteiger partial charge is 0.242 e. The second kappa shape index (κ2) is 7.36. The molecule has 0 spiro atoms. The van der Waals surface area contributed by atoms with E-state index in [1.165, 1.54) is 12.8 Å². The van der Waals surface area contributed by atoms with Gasteiger partial charge in [-0.3, -0.25) is 9.59 Å². The molecule has 2 heterocycles. The highest BCUT2D eigenvalue weighted by molar-refractivity contribution is 5.81. The first-order chi connectivity index (χ1) is 11.5. The van der Waals surface area contributed by atoms with Gasteiger partial charge in [0.05, 0.1) is 5.92 Å². The number of amides is 2. The molecule has 1 aromatic heterocycles. The summed E-state index contributed by atoms with van der Waals surface area (Å²) >= 11 is 0. The van der Waals surface area contributed by atoms with Gasteiger partial charge in [-0.25, -0.2) is 4.98 Å². The Morgan fingerprint density at radius 2 is 2.12 bits per heavy atom. The standard InChI is InChI=1S/C18H28N4O2/c1-13(2)17-19-7-9-22(17)12-16(23)21-8-3-4-15(11-21)18(24)20-10-14-5-6-14/h7,9,13-15H,3-6,8,10-12H2,1-2H3,(H,20,24). The Morgan fingerprint density at radius 3 is 2.83 bits per heavy atom. The van der Waals surface area contributed by atoms with Crippen LogP contribution in [0, 0.1) is 11.8 Å². The summed E-state index contributed by atoms with van der Waals surface area (Å²) in [6.45, 7) is 6.55. The van der Waals surface area contributed by atoms with Gasteiger partial charge in [0.1, 0.15) is 12.4 Å². The molecule has 2 amide bonds. The van der Waals surface area contributed by atoms with Crippen LogP contribution in [0.15, 0.2) is 12.4 Å². The molecule has 1 aromatic rings. The molecule has 2 fully saturated rings. The van der Waals surface area contributed by atoms with Crippen molar-refractivity contribution < 1.29 is 9.59 Å². The molecule has 1 saturated heterocycles. The predicted molar refractivity (Wildman–Crippen MR) is 91.4 cm³/mol. The number of nitrogens with zero attached hydrogens (tertiary/aromatic N) is 3. The Balaban J connectivity index is 1.54. The summed E-state index contributed by atoms with van der Waals surface area (Å²) in [5, 5.41) is 3.05. The van der Waals surface area contributed by atoms with E-state index in [1.54, 1.807) is 6.20 Å². The number of imidazole rings is 1. The van der Waals surface area contributed by atoms with Crippen LogP contribution >= 0.6 is 0 Å². The zero-order chi connectivity index (χ0) is 17.1. The van der Waals surface area contributed by atoms with Gasteiger partial charge in [-0.05, 0) is 31.6 Å². The molecule has 1 unspecified atom stereocenters. The molecule has 3 rings (SSSR count). The Kier molecular flexibility index (Phi) is 5.21. The van der Waals surface area contributed by atoms with Crippen molar-refractivity contribution in [3.63, 3.8) is 0 Å². The lowest BCUT2D eigenvalue weighted by Gasteiger charge is -2.32. The van der Waals surface area contributed by atoms with Crippen molar-refractivity contribution in [1.29, 1.82) is 0 Å². The van der Waals surface area contributed by atoms with Crippen LogP contribution in [0.25, 0.3) is 0 Å². The van der Waals surface area contributed by atoms with Crippen molar-refractivity contribution in [2.45, 2.75) is 52.0 Å². The molecule has 0 aromatic carbocycles. The van der Waals surface area contributed by atoms with Crippen LogP contribution in [0.2, 0.25) is 0 Å². The van der Waals surface area contributed by atoms with Crippen molar-refractivity contribution in [3.05, 3.63) is 18.2 Å². The van der Waals surface area contributed by atoms with E-state index >= 15 is 0 Å². The van der Waals surface area contributed by atoms with Crippen LogP contribution in [0.1, 0.15) is 51.3 Å². The second-order valence-corrected chi connectivity index (χ2v) is 7.44. The fraction of sp³-hybridized carbons (Fsp3) is 0.722. The minimum atomic E-state index is -0.0613. The van der Waals surface area contributed by atoms with Gasteiger partial charge in [0.15, 0.2) is 0 Å². The minimum absolute atomic E-state index is 0.0613. The van der Waals surface area contributed by atoms with E-state index in [2.05, 4.69) is 24.1 Å². The molecule has 0 radical (unpaired) electrons. The molecule has 1 aliphatic heterocycles. The number of carbonyl (C=O) groups is 2. The predicted octanol–water partition coefficient (Wildman–Crippen LogP) is 1.77. The molecule has 24 heavy (non-hydrogen) atoms. The number of carbonyl (C=O) groups excluding carboxylic acids is 2. The van der Waals surface area contributed by atoms with Crippen LogP contribution < -0.4 is 5.32 Å². The molecule has 6 nitrogen and oxygen atoms in total. The number of aromatic nitrogens is 2. The van der Waals surface area contributed by atoms with Gasteiger partial charge in [-0.15, -0.1) is 0 Å². The van der Waals surface area contributed by atoms with Crippen molar-refractivity contribution in [3.8, 4) is 0 Å². The van der Waals surface area contributed by atoms with Gasteiger partial charge >= 0.3 is 0 Å². The third kappa shape index (κ3) is 4.16. The highest BCUT2D eigenvalue weighted by Crippen LogP contribution is 2.28. The van der Waals surface area contributed by atoms with E-state index in [0.29, 0.717) is 19.0 Å². The van der Waals surface area contributed by atoms with E-state index in [0.717, 1.165) is 31.8 Å². The fourth-order valence-corrected chi connectivity index (χ4v) is 3.33. The van der Waals surface area contributed by atoms with E-state index in [1.807, 2.05) is 15.7 Å². The third-order valence-electron chi connectivity index (χ3n) is 4.98. The molecule has 1 saturated carbocycles. The number of piperidine rings is 1. The van der Waals surface area contributed by atoms with Crippen LogP contribution in [0.4, 0.5) is 0 Å². The Bertz CT molecular complexity index is 592. The maximum Gasteiger partial charge on any atom is 0.242 e. The number of hydrogen-bond acceptors (Lipinski definition) is 3. The lowest BCUT2D eigenvalue weighted by molar-refractivity contribution is -0.136. The summed E-state index contributed by atoms with van der Waals surface area (Å²) in [7, 11) is 0. The van der Waals surface area contributed by atoms with Gasteiger partial charge in [-0.2, -0.15) is 0 Å². The first-order valence-electron chi connectivity index (χ1n) is 9.11. The van der Waals surface area contributed by atoms with Gasteiger partial charge in [0.2, 0.25) is 11.8 Å². The average molecular weight is 332 g/mol. The van der Waals surface area contributed by atoms with E-state index in [-0.39, 0.29) is 23.7 Å². The first-order valence-corrected chi connectivity index (χ1v) is 9.11. The zero-order valence-electron chi connectivity index (χ0n) is 14.7. The molecule has 1 aliphatic carbocycles. The summed E-state index contributed by atoms with van der Waals surface area (Å²) in [6.07, 6.45) is 7.85. The lowest BCUT2D eigenvalue weighted by atomic mass is 9.97. The van der Waals surface area contributed by atoms with E-state index in [9.17, 15) is 9.59 Å². The quantitative estimate of drug-likeness (QED) is 0.863. The van der Waals surface area contributed by atoms with Crippen molar-refractivity contribution in [2.75, 3.05) is 19.6 Å². The molecule has 2 aliphatic rings. The Hall–Kier alpha value is -1.85. The van der Waals surface area contributed by atoms with Crippen LogP contribution in [-0.2, 0) is 16.1 Å². The molecule has 6 heteroatoms. The van der Waals surface area contributed by atoms with Crippen molar-refractivity contribution in [2.24, 2.45) is 11.8 Å². The summed E-state index contributed by atoms with van der Waals surface area (Å²) < 4.78 is 1.92. The topological polar surface area (TPSA) is 67.2 Å². The molecule has 1 atom stereocenters. The van der Waals surface area contributed by atoms with Crippen LogP contribution in [0.5, 0.6) is 0 Å². The largest absolute Gasteiger partial charge is 0.356 e. The molecular weight excluding hydrogens is 304 g/mol. The second-order valence-electron chi connectivity index (χ2n) is 7.44. The van der Waals surface area contributed by atoms with E-state index in [4.69, 9.17) is 0 Å². The minimum Gasteiger partial charge on any atom is -0.356 e. The number of hydrogen-bond donors (Lipinski definition) is 1. The summed E-state index contributed by atoms with van der Waals surface area (Å²) in [6, 6.07) is 0. The van der Waals surface area contributed by atoms with Crippen LogP contribution in [-0.4, -0.2) is 45.9 Å². The Labute approximate surface area is 143 Å². The lowest BCUT2D eigenvalue weighted by Crippen LogP contribution is -2.46. The summed E-state index contributed by atoms with van der Waals surface area (Å²) in [4.78, 5) is 31.1. The maximum atomic E-state index is 12.6. The maximum absolute atomic E-state index is 12.6. The highest BCUT2D eigenvalue weighted by Gasteiger charge is 2.30. The average Bonchev–Trinajstić information content (AvgIpc) is 3.29. The molecular formula is C18H28N4O2. The SMILES string of the molecule is CC(C)c1nccn1CC(=O)N1CCCC(C(=O)NCC2CC2)C1. The van der Waals surface area contributed by atoms with Gasteiger partial charge in [0, 0.05) is 37.9 Å². The number of nitrogens with one attached hydrogen (secondary N) is 1. The fourth-order valence-electron chi connectivity index (χ4n) is 3.33. The van der Waals surface area contributed by atoms with E-state index < -0.39 is 0 Å². The van der Waals surface area contributed by atoms with Crippen molar-refractivity contribution >= 4 is 11.8 Å². The van der Waals surface area contributed by atoms with Crippen molar-refractivity contribution in [1.82, 2.24) is 19.8 Å². The van der Waals surface area contributed by atoms with Gasteiger partial charge in [0.25, 0.3) is 0 Å². The molecule has 0 bridgehead atoms. The number of rotatable bonds is 6. The molecule has 1 N–H and O–H groups in total. The number of likely N-dealkylation sites (tertiary alicyclic amines) is 1. The zero-order valence-corrected chi connectivity index (χ0v) is 14.7. The highest BCUT2D eigenvalue weighted by atomic mass is 16.2. The summed E-state index contributed by atoms with van der Waals surface area (Å²) in [5.74, 6) is 2.04. The van der Waals surface area contributed by atoms with Crippen LogP contribution in [0.3, 0.4) is 0 Å². The normalized spacial score (nSPS) is 21.1. The first kappa shape index (κ1) is 17.0. The van der Waals surface area contributed by atoms with Gasteiger partial charge < -0.3 is 14.8 Å². The monoisotopic (exact) mass is 332 g/mol.